The number of nitrogens with zero attached hydrogens (tertiary/aromatic N) is 1. The number of unbranched alkanes of at least 4 members (excludes halogenated alkanes) is 3. The molecule has 0 saturated carbocycles. The lowest BCUT2D eigenvalue weighted by Crippen LogP contribution is -2.57. The van der Waals surface area contributed by atoms with E-state index >= 15 is 0 Å². The number of piperazine rings is 1. The average Bonchev–Trinajstić information content (AvgIpc) is 2.28. The van der Waals surface area contributed by atoms with Crippen molar-refractivity contribution in [3.8, 4) is 0 Å². The van der Waals surface area contributed by atoms with Crippen molar-refractivity contribution in [3.63, 3.8) is 0 Å². The standard InChI is InChI=1S/C12H22N2O2/c1-3-5-6-7-8-14-9-11(15)13-10(4-2)12(14)16/h10H,3-9H2,1-2H3,(H,13,15). The molecule has 1 saturated heterocycles. The molecular weight excluding hydrogens is 204 g/mol. The second kappa shape index (κ2) is 6.51. The lowest BCUT2D eigenvalue weighted by atomic mass is 10.1. The van der Waals surface area contributed by atoms with Crippen LogP contribution in [0.15, 0.2) is 0 Å². The Kier molecular flexibility index (Phi) is 5.29. The zero-order valence-electron chi connectivity index (χ0n) is 10.3. The van der Waals surface area contributed by atoms with Crippen molar-refractivity contribution in [3.05, 3.63) is 0 Å². The third-order valence-corrected chi connectivity index (χ3v) is 2.97. The highest BCUT2D eigenvalue weighted by molar-refractivity contribution is 5.94. The minimum atomic E-state index is -0.299. The van der Waals surface area contributed by atoms with Gasteiger partial charge in [-0.2, -0.15) is 0 Å². The van der Waals surface area contributed by atoms with Gasteiger partial charge in [0, 0.05) is 6.54 Å². The molecule has 1 heterocycles. The van der Waals surface area contributed by atoms with Crippen molar-refractivity contribution in [1.82, 2.24) is 10.2 Å². The molecule has 1 rings (SSSR count). The lowest BCUT2D eigenvalue weighted by molar-refractivity contribution is -0.144. The number of rotatable bonds is 6. The van der Waals surface area contributed by atoms with Crippen LogP contribution in [0.25, 0.3) is 0 Å². The number of hydrogen-bond donors (Lipinski definition) is 1. The highest BCUT2D eigenvalue weighted by Gasteiger charge is 2.30. The quantitative estimate of drug-likeness (QED) is 0.694. The topological polar surface area (TPSA) is 49.4 Å². The van der Waals surface area contributed by atoms with Crippen LogP contribution in [0.5, 0.6) is 0 Å². The summed E-state index contributed by atoms with van der Waals surface area (Å²) in [6, 6.07) is -0.299. The molecular formula is C12H22N2O2. The summed E-state index contributed by atoms with van der Waals surface area (Å²) in [5.41, 5.74) is 0. The first kappa shape index (κ1) is 13.0. The van der Waals surface area contributed by atoms with E-state index < -0.39 is 0 Å². The van der Waals surface area contributed by atoms with Crippen LogP contribution in [0, 0.1) is 0 Å². The smallest absolute Gasteiger partial charge is 0.245 e. The molecule has 2 amide bonds. The van der Waals surface area contributed by atoms with Gasteiger partial charge in [-0.25, -0.2) is 0 Å². The predicted molar refractivity (Wildman–Crippen MR) is 62.9 cm³/mol. The summed E-state index contributed by atoms with van der Waals surface area (Å²) in [5.74, 6) is 0.0561. The summed E-state index contributed by atoms with van der Waals surface area (Å²) in [5, 5.41) is 2.72. The van der Waals surface area contributed by atoms with Gasteiger partial charge in [-0.15, -0.1) is 0 Å². The molecule has 0 bridgehead atoms. The predicted octanol–water partition coefficient (Wildman–Crippen LogP) is 1.30. The Morgan fingerprint density at radius 1 is 1.25 bits per heavy atom. The Bertz CT molecular complexity index is 253. The van der Waals surface area contributed by atoms with E-state index in [4.69, 9.17) is 0 Å². The van der Waals surface area contributed by atoms with Crippen LogP contribution >= 0.6 is 0 Å². The molecule has 0 aromatic heterocycles. The van der Waals surface area contributed by atoms with Crippen LogP contribution in [0.4, 0.5) is 0 Å². The molecule has 4 heteroatoms. The molecule has 1 N–H and O–H groups in total. The third kappa shape index (κ3) is 3.51. The van der Waals surface area contributed by atoms with Gasteiger partial charge in [0.1, 0.15) is 6.04 Å². The highest BCUT2D eigenvalue weighted by atomic mass is 16.2. The summed E-state index contributed by atoms with van der Waals surface area (Å²) in [7, 11) is 0. The van der Waals surface area contributed by atoms with Crippen LogP contribution in [-0.4, -0.2) is 35.8 Å². The van der Waals surface area contributed by atoms with Gasteiger partial charge in [0.05, 0.1) is 6.54 Å². The minimum Gasteiger partial charge on any atom is -0.343 e. The summed E-state index contributed by atoms with van der Waals surface area (Å²) in [6.07, 6.45) is 5.20. The van der Waals surface area contributed by atoms with E-state index in [-0.39, 0.29) is 24.4 Å². The minimum absolute atomic E-state index is 0.0260. The van der Waals surface area contributed by atoms with Gasteiger partial charge < -0.3 is 10.2 Å². The monoisotopic (exact) mass is 226 g/mol. The molecule has 0 aromatic carbocycles. The Hall–Kier alpha value is -1.06. The van der Waals surface area contributed by atoms with Crippen molar-refractivity contribution in [2.45, 2.75) is 52.0 Å². The zero-order chi connectivity index (χ0) is 12.0. The van der Waals surface area contributed by atoms with Crippen molar-refractivity contribution >= 4 is 11.8 Å². The normalized spacial score (nSPS) is 21.1. The molecule has 0 aliphatic carbocycles. The van der Waals surface area contributed by atoms with Crippen LogP contribution in [0.3, 0.4) is 0 Å². The maximum Gasteiger partial charge on any atom is 0.245 e. The van der Waals surface area contributed by atoms with Gasteiger partial charge in [-0.1, -0.05) is 33.1 Å². The first-order valence-corrected chi connectivity index (χ1v) is 6.27. The van der Waals surface area contributed by atoms with E-state index in [1.54, 1.807) is 4.90 Å². The Labute approximate surface area is 97.4 Å². The largest absolute Gasteiger partial charge is 0.343 e. The van der Waals surface area contributed by atoms with E-state index in [1.807, 2.05) is 6.92 Å². The van der Waals surface area contributed by atoms with Gasteiger partial charge in [0.25, 0.3) is 0 Å². The Morgan fingerprint density at radius 2 is 2.00 bits per heavy atom. The summed E-state index contributed by atoms with van der Waals surface area (Å²) in [4.78, 5) is 24.9. The fourth-order valence-electron chi connectivity index (χ4n) is 1.97. The van der Waals surface area contributed by atoms with Gasteiger partial charge in [-0.3, -0.25) is 9.59 Å². The highest BCUT2D eigenvalue weighted by Crippen LogP contribution is 2.08. The lowest BCUT2D eigenvalue weighted by Gasteiger charge is -2.32. The molecule has 1 aliphatic heterocycles. The molecule has 16 heavy (non-hydrogen) atoms. The SMILES string of the molecule is CCCCCCN1CC(=O)NC(CC)C1=O. The number of amides is 2. The molecule has 92 valence electrons. The summed E-state index contributed by atoms with van der Waals surface area (Å²) in [6.45, 7) is 5.04. The van der Waals surface area contributed by atoms with Crippen LogP contribution in [0.2, 0.25) is 0 Å². The molecule has 4 nitrogen and oxygen atoms in total. The van der Waals surface area contributed by atoms with E-state index in [9.17, 15) is 9.59 Å². The van der Waals surface area contributed by atoms with Crippen LogP contribution in [0.1, 0.15) is 46.0 Å². The van der Waals surface area contributed by atoms with Crippen molar-refractivity contribution in [2.75, 3.05) is 13.1 Å². The third-order valence-electron chi connectivity index (χ3n) is 2.97. The number of carbonyl (C=O) groups excluding carboxylic acids is 2. The van der Waals surface area contributed by atoms with E-state index in [1.165, 1.54) is 12.8 Å². The fourth-order valence-corrected chi connectivity index (χ4v) is 1.97. The van der Waals surface area contributed by atoms with E-state index in [0.717, 1.165) is 19.4 Å². The molecule has 1 fully saturated rings. The van der Waals surface area contributed by atoms with Crippen LogP contribution in [-0.2, 0) is 9.59 Å². The second-order valence-electron chi connectivity index (χ2n) is 4.35. The van der Waals surface area contributed by atoms with Crippen molar-refractivity contribution in [2.24, 2.45) is 0 Å². The first-order valence-electron chi connectivity index (χ1n) is 6.27. The van der Waals surface area contributed by atoms with Gasteiger partial charge in [0.15, 0.2) is 0 Å². The van der Waals surface area contributed by atoms with Crippen molar-refractivity contribution < 1.29 is 9.59 Å². The molecule has 1 unspecified atom stereocenters. The molecule has 0 spiro atoms. The summed E-state index contributed by atoms with van der Waals surface area (Å²) < 4.78 is 0. The maximum atomic E-state index is 11.9. The molecule has 0 aromatic rings. The Balaban J connectivity index is 2.38. The fraction of sp³-hybridized carbons (Fsp3) is 0.833. The van der Waals surface area contributed by atoms with Crippen molar-refractivity contribution in [1.29, 1.82) is 0 Å². The Morgan fingerprint density at radius 3 is 2.62 bits per heavy atom. The van der Waals surface area contributed by atoms with Gasteiger partial charge in [-0.05, 0) is 12.8 Å². The maximum absolute atomic E-state index is 11.9. The second-order valence-corrected chi connectivity index (χ2v) is 4.35. The molecule has 1 atom stereocenters. The molecule has 0 radical (unpaired) electrons. The summed E-state index contributed by atoms with van der Waals surface area (Å²) >= 11 is 0. The van der Waals surface area contributed by atoms with Gasteiger partial charge >= 0.3 is 0 Å². The first-order chi connectivity index (χ1) is 7.69. The number of nitrogens with one attached hydrogen (secondary N) is 1. The van der Waals surface area contributed by atoms with E-state index in [2.05, 4.69) is 12.2 Å². The van der Waals surface area contributed by atoms with Crippen LogP contribution < -0.4 is 5.32 Å². The average molecular weight is 226 g/mol. The number of carbonyl (C=O) groups is 2. The van der Waals surface area contributed by atoms with Gasteiger partial charge in [0.2, 0.25) is 11.8 Å². The molecule has 1 aliphatic rings. The number of hydrogen-bond acceptors (Lipinski definition) is 2. The van der Waals surface area contributed by atoms with E-state index in [0.29, 0.717) is 6.42 Å². The zero-order valence-corrected chi connectivity index (χ0v) is 10.3.